The summed E-state index contributed by atoms with van der Waals surface area (Å²) in [5.41, 5.74) is 0. The van der Waals surface area contributed by atoms with Gasteiger partial charge in [0.2, 0.25) is 0 Å². The van der Waals surface area contributed by atoms with Gasteiger partial charge in [-0.1, -0.05) is 96.3 Å². The minimum Gasteiger partial charge on any atom is -0.372 e. The van der Waals surface area contributed by atoms with Gasteiger partial charge in [0.15, 0.2) is 0 Å². The monoisotopic (exact) mass is 854 g/mol. The molecule has 2 saturated heterocycles. The van der Waals surface area contributed by atoms with Gasteiger partial charge in [0.1, 0.15) is 0 Å². The van der Waals surface area contributed by atoms with E-state index in [0.29, 0.717) is 12.2 Å². The molecule has 11 unspecified atom stereocenters. The van der Waals surface area contributed by atoms with Gasteiger partial charge >= 0.3 is 0 Å². The maximum absolute atomic E-state index is 8.05. The van der Waals surface area contributed by atoms with E-state index in [-0.39, 0.29) is 0 Å². The lowest BCUT2D eigenvalue weighted by Crippen LogP contribution is -2.63. The van der Waals surface area contributed by atoms with E-state index in [0.717, 1.165) is 111 Å². The second kappa shape index (κ2) is 19.1. The second-order valence-electron chi connectivity index (χ2n) is 25.9. The molecule has 3 heteroatoms. The van der Waals surface area contributed by atoms with Crippen LogP contribution in [-0.4, -0.2) is 45.7 Å². The SMILES string of the molecule is C1CCC(C2CCC(C3CCC(N(C4CCC(C5CCC(C6CCCCC6)CC5)CC4)C4C5CCCCC5CC5C6CCC7SC8CCCCC8C7C6OC54)CC3)CC2)CC1. The molecule has 344 valence electrons. The predicted molar refractivity (Wildman–Crippen MR) is 257 cm³/mol. The molecule has 12 rings (SSSR count). The second-order valence-corrected chi connectivity index (χ2v) is 27.4. The van der Waals surface area contributed by atoms with Crippen LogP contribution in [-0.2, 0) is 4.74 Å². The molecule has 0 aromatic heterocycles. The molecule has 61 heavy (non-hydrogen) atoms. The van der Waals surface area contributed by atoms with Crippen LogP contribution in [0.4, 0.5) is 0 Å². The van der Waals surface area contributed by atoms with Crippen molar-refractivity contribution in [2.75, 3.05) is 0 Å². The van der Waals surface area contributed by atoms with Crippen LogP contribution >= 0.6 is 11.8 Å². The van der Waals surface area contributed by atoms with Gasteiger partial charge in [-0.05, 0) is 218 Å². The van der Waals surface area contributed by atoms with Crippen molar-refractivity contribution >= 4 is 11.8 Å². The van der Waals surface area contributed by atoms with Gasteiger partial charge in [-0.15, -0.1) is 0 Å². The van der Waals surface area contributed by atoms with E-state index in [1.807, 2.05) is 0 Å². The van der Waals surface area contributed by atoms with Gasteiger partial charge < -0.3 is 4.74 Å². The average molecular weight is 854 g/mol. The summed E-state index contributed by atoms with van der Waals surface area (Å²) in [4.78, 5) is 3.48. The molecule has 0 bridgehead atoms. The van der Waals surface area contributed by atoms with Gasteiger partial charge in [0, 0.05) is 34.5 Å². The fourth-order valence-electron chi connectivity index (χ4n) is 20.5. The average Bonchev–Trinajstić information content (AvgIpc) is 3.91. The number of rotatable bonds is 7. The van der Waals surface area contributed by atoms with Crippen LogP contribution in [0.3, 0.4) is 0 Å². The van der Waals surface area contributed by atoms with Gasteiger partial charge in [0.25, 0.3) is 0 Å². The lowest BCUT2D eigenvalue weighted by atomic mass is 9.58. The van der Waals surface area contributed by atoms with Gasteiger partial charge in [-0.25, -0.2) is 0 Å². The van der Waals surface area contributed by atoms with Crippen LogP contribution in [0.1, 0.15) is 238 Å². The van der Waals surface area contributed by atoms with Crippen LogP contribution in [0.2, 0.25) is 0 Å². The summed E-state index contributed by atoms with van der Waals surface area (Å²) in [5, 5.41) is 1.89. The third kappa shape index (κ3) is 8.49. The fraction of sp³-hybridized carbons (Fsp3) is 1.00. The number of thioether (sulfide) groups is 1. The number of fused-ring (bicyclic) bond motifs is 8. The highest BCUT2D eigenvalue weighted by molar-refractivity contribution is 8.00. The van der Waals surface area contributed by atoms with E-state index in [9.17, 15) is 0 Å². The summed E-state index contributed by atoms with van der Waals surface area (Å²) in [6, 6.07) is 2.43. The molecule has 2 aliphatic heterocycles. The summed E-state index contributed by atoms with van der Waals surface area (Å²) >= 11 is 2.48. The molecule has 0 aromatic rings. The molecule has 12 fully saturated rings. The van der Waals surface area contributed by atoms with E-state index in [1.54, 1.807) is 116 Å². The summed E-state index contributed by atoms with van der Waals surface area (Å²) in [6.45, 7) is 0. The smallest absolute Gasteiger partial charge is 0.0769 e. The van der Waals surface area contributed by atoms with Crippen LogP contribution in [0.5, 0.6) is 0 Å². The van der Waals surface area contributed by atoms with Crippen molar-refractivity contribution in [1.29, 1.82) is 0 Å². The third-order valence-corrected chi connectivity index (χ3v) is 25.3. The first-order chi connectivity index (χ1) is 30.2. The van der Waals surface area contributed by atoms with Crippen LogP contribution in [0.15, 0.2) is 0 Å². The quantitative estimate of drug-likeness (QED) is 0.253. The molecule has 2 nitrogen and oxygen atoms in total. The summed E-state index contributed by atoms with van der Waals surface area (Å²) in [5.74, 6) is 14.1. The molecule has 11 atom stereocenters. The summed E-state index contributed by atoms with van der Waals surface area (Å²) in [6.07, 6.45) is 58.4. The number of ether oxygens (including phenoxy) is 1. The molecular weight excluding hydrogens is 759 g/mol. The first-order valence-electron chi connectivity index (χ1n) is 29.3. The van der Waals surface area contributed by atoms with E-state index in [2.05, 4.69) is 16.7 Å². The van der Waals surface area contributed by atoms with Crippen molar-refractivity contribution in [2.45, 2.75) is 278 Å². The topological polar surface area (TPSA) is 12.5 Å². The van der Waals surface area contributed by atoms with E-state index < -0.39 is 0 Å². The molecule has 12 aliphatic rings. The zero-order chi connectivity index (χ0) is 40.3. The van der Waals surface area contributed by atoms with Crippen molar-refractivity contribution < 1.29 is 4.74 Å². The Balaban J connectivity index is 0.773. The fourth-order valence-corrected chi connectivity index (χ4v) is 22.6. The van der Waals surface area contributed by atoms with Gasteiger partial charge in [-0.3, -0.25) is 4.90 Å². The summed E-state index contributed by atoms with van der Waals surface area (Å²) < 4.78 is 8.05. The van der Waals surface area contributed by atoms with Crippen molar-refractivity contribution in [1.82, 2.24) is 4.90 Å². The Morgan fingerprint density at radius 2 is 0.721 bits per heavy atom. The normalized spacial score (nSPS) is 51.2. The zero-order valence-electron chi connectivity index (χ0n) is 39.6. The lowest BCUT2D eigenvalue weighted by molar-refractivity contribution is -0.132. The van der Waals surface area contributed by atoms with Crippen LogP contribution < -0.4 is 0 Å². The van der Waals surface area contributed by atoms with Gasteiger partial charge in [0.05, 0.1) is 12.2 Å². The highest BCUT2D eigenvalue weighted by Crippen LogP contribution is 2.63. The maximum atomic E-state index is 8.05. The molecule has 0 spiro atoms. The Labute approximate surface area is 380 Å². The molecular formula is C58H95NOS. The Hall–Kier alpha value is 0.270. The van der Waals surface area contributed by atoms with Crippen molar-refractivity contribution in [3.8, 4) is 0 Å². The number of hydrogen-bond acceptors (Lipinski definition) is 3. The Morgan fingerprint density at radius 3 is 1.26 bits per heavy atom. The van der Waals surface area contributed by atoms with E-state index >= 15 is 0 Å². The number of hydrogen-bond donors (Lipinski definition) is 0. The van der Waals surface area contributed by atoms with E-state index in [1.165, 1.54) is 122 Å². The van der Waals surface area contributed by atoms with Crippen molar-refractivity contribution in [2.24, 2.45) is 82.9 Å². The van der Waals surface area contributed by atoms with Gasteiger partial charge in [-0.2, -0.15) is 11.8 Å². The summed E-state index contributed by atoms with van der Waals surface area (Å²) in [7, 11) is 0. The first-order valence-corrected chi connectivity index (χ1v) is 30.3. The third-order valence-electron chi connectivity index (χ3n) is 23.5. The van der Waals surface area contributed by atoms with Crippen molar-refractivity contribution in [3.05, 3.63) is 0 Å². The molecule has 0 N–H and O–H groups in total. The highest BCUT2D eigenvalue weighted by atomic mass is 32.2. The largest absolute Gasteiger partial charge is 0.372 e. The number of nitrogens with zero attached hydrogens (tertiary/aromatic N) is 1. The molecule has 10 saturated carbocycles. The Morgan fingerprint density at radius 1 is 0.295 bits per heavy atom. The minimum absolute atomic E-state index is 0.557. The predicted octanol–water partition coefficient (Wildman–Crippen LogP) is 15.8. The first kappa shape index (κ1) is 42.6. The minimum atomic E-state index is 0.557. The van der Waals surface area contributed by atoms with Crippen molar-refractivity contribution in [3.63, 3.8) is 0 Å². The maximum Gasteiger partial charge on any atom is 0.0769 e. The molecule has 0 aromatic carbocycles. The lowest BCUT2D eigenvalue weighted by Gasteiger charge is -2.57. The highest BCUT2D eigenvalue weighted by Gasteiger charge is 2.63. The molecule has 0 radical (unpaired) electrons. The van der Waals surface area contributed by atoms with Crippen LogP contribution in [0.25, 0.3) is 0 Å². The molecule has 10 aliphatic carbocycles. The Kier molecular flexibility index (Phi) is 13.3. The van der Waals surface area contributed by atoms with E-state index in [4.69, 9.17) is 4.74 Å². The Bertz CT molecular complexity index is 1330. The molecule has 2 heterocycles. The molecule has 0 amide bonds. The zero-order valence-corrected chi connectivity index (χ0v) is 40.4. The van der Waals surface area contributed by atoms with Crippen LogP contribution in [0, 0.1) is 82.9 Å². The standard InChI is InChI=1S/C58H95NOS/c1-3-11-38(12-4-1)40-19-23-42(24-20-40)44-27-31-47(32-28-44)59(48-33-29-45(30-34-48)43-25-21-41(22-26-43)39-13-5-2-6-14-39)56-49-16-8-7-15-46(49)37-52-50-35-36-54-55(57(50)60-58(52)56)51-17-9-10-18-53(51)61-54/h38-58H,1-37H2.